The molecule has 1 aromatic carbocycles. The number of allylic oxidation sites excluding steroid dienone is 11. The van der Waals surface area contributed by atoms with E-state index < -0.39 is 124 Å². The van der Waals surface area contributed by atoms with Gasteiger partial charge < -0.3 is 53.4 Å². The Labute approximate surface area is 489 Å². The largest absolute Gasteiger partial charge is 0.496 e. The Bertz CT molecular complexity index is 2720. The first-order valence-electron chi connectivity index (χ1n) is 28.9. The van der Waals surface area contributed by atoms with Gasteiger partial charge in [-0.05, 0) is 117 Å². The number of Topliss-reactive ketones (excluding diaryl/α,β-unsaturated/α-hetero) is 1. The van der Waals surface area contributed by atoms with E-state index in [1.807, 2.05) is 12.2 Å². The molecule has 0 aromatic heterocycles. The summed E-state index contributed by atoms with van der Waals surface area (Å²) in [7, 11) is 1.35. The molecular formula is C65H89NO17. The molecule has 1 aromatic rings. The second kappa shape index (κ2) is 29.3. The summed E-state index contributed by atoms with van der Waals surface area (Å²) in [6.07, 6.45) is 15.4. The minimum absolute atomic E-state index is 0.0362. The van der Waals surface area contributed by atoms with E-state index in [4.69, 9.17) is 37.9 Å². The summed E-state index contributed by atoms with van der Waals surface area (Å²) in [5.41, 5.74) is -8.60. The molecule has 3 aliphatic carbocycles. The fourth-order valence-electron chi connectivity index (χ4n) is 11.7. The Kier molecular flexibility index (Phi) is 23.7. The van der Waals surface area contributed by atoms with Gasteiger partial charge in [0, 0.05) is 38.0 Å². The lowest BCUT2D eigenvalue weighted by Gasteiger charge is -2.67. The van der Waals surface area contributed by atoms with E-state index in [9.17, 15) is 34.2 Å². The normalized spacial score (nSPS) is 27.4. The standard InChI is InChI=1S/C65H89NO17/c1-14-16-17-18-19-20-21-22-23-24-25-26-27-28-29-30-31-36-51(70)80-53(45(37-41(3)4)66-60(74)83-61(7,8)9)59(73)78-47-39-65(75)57(81-58(72)44-34-32-33-35-46(44)76-13)55-63(12,48(68)38-49-64(55,40-77-49)82-43(6)67)56(71)54(79-50(69)15-2)52(42(47)5)62(65,10)11/h16-17,19-20,22-23,25-26,28-29,32-35,37,45,47-49,53-55,57,68,75H,14-15,18,21,24,27,30-31,36,38-40H2,1-13H3,(H,66,74)/b17-16-,20-19-,23-22-,26-25-,29-28-/t45-,47-,48-,49+,53+,54+,55?,57?,63+,64-,65+/m0/s1. The van der Waals surface area contributed by atoms with Crippen molar-refractivity contribution < 1.29 is 81.7 Å². The molecule has 11 atom stereocenters. The molecule has 0 radical (unpaired) electrons. The monoisotopic (exact) mass is 1160 g/mol. The fraction of sp³-hybridized carbons (Fsp3) is 0.585. The molecule has 5 rings (SSSR count). The predicted molar refractivity (Wildman–Crippen MR) is 311 cm³/mol. The molecule has 1 amide bonds. The van der Waals surface area contributed by atoms with Gasteiger partial charge in [0.05, 0.1) is 37.2 Å². The van der Waals surface area contributed by atoms with Crippen molar-refractivity contribution in [1.82, 2.24) is 5.32 Å². The number of unbranched alkanes of at least 4 members (excludes halogenated alkanes) is 1. The number of alkyl carbamates (subject to hydrolysis) is 1. The summed E-state index contributed by atoms with van der Waals surface area (Å²) in [4.78, 5) is 100. The summed E-state index contributed by atoms with van der Waals surface area (Å²) in [6.45, 7) is 18.8. The highest BCUT2D eigenvalue weighted by Gasteiger charge is 2.78. The first kappa shape index (κ1) is 67.2. The first-order valence-corrected chi connectivity index (χ1v) is 28.9. The average Bonchev–Trinajstić information content (AvgIpc) is 0.700. The maximum atomic E-state index is 15.9. The zero-order valence-corrected chi connectivity index (χ0v) is 50.8. The number of para-hydroxylation sites is 1. The number of carbonyl (C=O) groups is 7. The Morgan fingerprint density at radius 3 is 1.99 bits per heavy atom. The second-order valence-corrected chi connectivity index (χ2v) is 23.7. The molecule has 2 unspecified atom stereocenters. The Hall–Kier alpha value is -6.63. The predicted octanol–water partition coefficient (Wildman–Crippen LogP) is 10.3. The molecule has 2 saturated carbocycles. The number of esters is 5. The van der Waals surface area contributed by atoms with Crippen LogP contribution in [0.3, 0.4) is 0 Å². The zero-order valence-electron chi connectivity index (χ0n) is 50.8. The van der Waals surface area contributed by atoms with Crippen LogP contribution in [0.15, 0.2) is 108 Å². The van der Waals surface area contributed by atoms with Crippen LogP contribution in [0.25, 0.3) is 0 Å². The smallest absolute Gasteiger partial charge is 0.408 e. The van der Waals surface area contributed by atoms with Gasteiger partial charge in [0.1, 0.15) is 40.8 Å². The van der Waals surface area contributed by atoms with Crippen molar-refractivity contribution in [2.24, 2.45) is 16.7 Å². The molecular weight excluding hydrogens is 1070 g/mol. The van der Waals surface area contributed by atoms with Crippen LogP contribution in [0.1, 0.15) is 164 Å². The number of ether oxygens (including phenoxy) is 8. The number of amides is 1. The SMILES string of the molecule is CC/C=C\C/C=C\C/C=C\C/C=C\C/C=C\CCCC(=O)O[C@@H](C(=O)O[C@H]1C[C@@]2(O)C(OC(=O)c3ccccc3OC)C3[C@](C)(C(=O)[C@H](OC(=O)CC)C(=C1C)C2(C)C)[C@@H](O)C[C@H]1OC[C@@]31OC(C)=O)[C@H](C=C(C)C)NC(=O)OC(C)(C)C. The van der Waals surface area contributed by atoms with Crippen LogP contribution in [0.5, 0.6) is 5.75 Å². The van der Waals surface area contributed by atoms with Gasteiger partial charge in [0.2, 0.25) is 6.10 Å². The third-order valence-corrected chi connectivity index (χ3v) is 15.9. The van der Waals surface area contributed by atoms with Crippen LogP contribution in [0, 0.1) is 16.7 Å². The maximum Gasteiger partial charge on any atom is 0.408 e. The lowest BCUT2D eigenvalue weighted by Crippen LogP contribution is -2.82. The van der Waals surface area contributed by atoms with Crippen molar-refractivity contribution in [3.05, 3.63) is 113 Å². The molecule has 18 heteroatoms. The summed E-state index contributed by atoms with van der Waals surface area (Å²) in [5.74, 6) is -7.12. The van der Waals surface area contributed by atoms with E-state index in [1.54, 1.807) is 60.6 Å². The van der Waals surface area contributed by atoms with Crippen molar-refractivity contribution >= 4 is 41.7 Å². The van der Waals surface area contributed by atoms with Gasteiger partial charge in [-0.1, -0.05) is 112 Å². The summed E-state index contributed by atoms with van der Waals surface area (Å²) in [5, 5.41) is 29.1. The van der Waals surface area contributed by atoms with E-state index in [0.717, 1.165) is 32.6 Å². The number of carbonyl (C=O) groups excluding carboxylic acids is 7. The number of aliphatic hydroxyl groups excluding tert-OH is 1. The van der Waals surface area contributed by atoms with Gasteiger partial charge in [-0.15, -0.1) is 0 Å². The highest BCUT2D eigenvalue weighted by Crippen LogP contribution is 2.64. The number of ketones is 1. The molecule has 2 bridgehead atoms. The van der Waals surface area contributed by atoms with E-state index in [-0.39, 0.29) is 48.3 Å². The molecule has 1 aliphatic heterocycles. The van der Waals surface area contributed by atoms with Gasteiger partial charge >= 0.3 is 35.9 Å². The minimum Gasteiger partial charge on any atom is -0.496 e. The lowest BCUT2D eigenvalue weighted by molar-refractivity contribution is -0.346. The summed E-state index contributed by atoms with van der Waals surface area (Å²) < 4.78 is 48.3. The fourth-order valence-corrected chi connectivity index (χ4v) is 11.7. The van der Waals surface area contributed by atoms with Crippen LogP contribution < -0.4 is 10.1 Å². The highest BCUT2D eigenvalue weighted by atomic mass is 16.6. The van der Waals surface area contributed by atoms with Crippen LogP contribution in [0.4, 0.5) is 4.79 Å². The minimum atomic E-state index is -2.50. The van der Waals surface area contributed by atoms with E-state index >= 15 is 9.59 Å². The number of rotatable bonds is 25. The van der Waals surface area contributed by atoms with Gasteiger partial charge in [-0.3, -0.25) is 19.2 Å². The van der Waals surface area contributed by atoms with E-state index in [2.05, 4.69) is 60.8 Å². The highest BCUT2D eigenvalue weighted by molar-refractivity contribution is 5.96. The Morgan fingerprint density at radius 1 is 0.843 bits per heavy atom. The summed E-state index contributed by atoms with van der Waals surface area (Å²) >= 11 is 0. The third kappa shape index (κ3) is 16.0. The number of methoxy groups -OCH3 is 1. The van der Waals surface area contributed by atoms with Gasteiger partial charge in [-0.25, -0.2) is 14.4 Å². The zero-order chi connectivity index (χ0) is 61.5. The molecule has 1 heterocycles. The van der Waals surface area contributed by atoms with Crippen molar-refractivity contribution in [2.45, 2.75) is 213 Å². The second-order valence-electron chi connectivity index (χ2n) is 23.7. The number of nitrogens with one attached hydrogen (secondary N) is 1. The van der Waals surface area contributed by atoms with Gasteiger partial charge in [0.25, 0.3) is 0 Å². The molecule has 1 saturated heterocycles. The van der Waals surface area contributed by atoms with E-state index in [1.165, 1.54) is 46.1 Å². The topological polar surface area (TPSA) is 246 Å². The van der Waals surface area contributed by atoms with Gasteiger partial charge in [-0.2, -0.15) is 0 Å². The van der Waals surface area contributed by atoms with Crippen molar-refractivity contribution in [3.63, 3.8) is 0 Å². The number of aliphatic hydroxyl groups is 2. The summed E-state index contributed by atoms with van der Waals surface area (Å²) in [6, 6.07) is 4.74. The first-order chi connectivity index (χ1) is 39.1. The van der Waals surface area contributed by atoms with Crippen molar-refractivity contribution in [3.8, 4) is 5.75 Å². The van der Waals surface area contributed by atoms with Crippen molar-refractivity contribution in [2.75, 3.05) is 13.7 Å². The Balaban J connectivity index is 1.56. The number of fused-ring (bicyclic) bond motifs is 5. The van der Waals surface area contributed by atoms with Crippen LogP contribution in [-0.4, -0.2) is 125 Å². The maximum absolute atomic E-state index is 15.9. The molecule has 3 N–H and O–H groups in total. The third-order valence-electron chi connectivity index (χ3n) is 15.9. The number of hydrogen-bond acceptors (Lipinski definition) is 17. The lowest BCUT2D eigenvalue weighted by atomic mass is 9.44. The van der Waals surface area contributed by atoms with Gasteiger partial charge in [0.15, 0.2) is 17.5 Å². The molecule has 4 aliphatic rings. The molecule has 3 fully saturated rings. The van der Waals surface area contributed by atoms with Crippen LogP contribution in [-0.2, 0) is 57.1 Å². The molecule has 0 spiro atoms. The number of benzene rings is 1. The molecule has 83 heavy (non-hydrogen) atoms. The average molecular weight is 1160 g/mol. The van der Waals surface area contributed by atoms with Crippen LogP contribution >= 0.6 is 0 Å². The Morgan fingerprint density at radius 2 is 1.45 bits per heavy atom. The number of hydrogen-bond donors (Lipinski definition) is 3. The van der Waals surface area contributed by atoms with Crippen molar-refractivity contribution in [1.29, 1.82) is 0 Å². The van der Waals surface area contributed by atoms with Crippen LogP contribution in [0.2, 0.25) is 0 Å². The van der Waals surface area contributed by atoms with E-state index in [0.29, 0.717) is 24.8 Å². The molecule has 18 nitrogen and oxygen atoms in total. The molecule has 456 valence electrons. The quantitative estimate of drug-likeness (QED) is 0.0357.